The Labute approximate surface area is 138 Å². The Morgan fingerprint density at radius 2 is 1.91 bits per heavy atom. The number of hydrogen-bond acceptors (Lipinski definition) is 5. The molecule has 0 radical (unpaired) electrons. The maximum absolute atomic E-state index is 10.6. The summed E-state index contributed by atoms with van der Waals surface area (Å²) in [5.74, 6) is 0. The quantitative estimate of drug-likeness (QED) is 0.922. The lowest BCUT2D eigenvalue weighted by atomic mass is 9.89. The normalized spacial score (nSPS) is 17.5. The van der Waals surface area contributed by atoms with E-state index in [1.165, 1.54) is 0 Å². The third-order valence-electron chi connectivity index (χ3n) is 3.29. The van der Waals surface area contributed by atoms with E-state index in [-0.39, 0.29) is 5.60 Å². The summed E-state index contributed by atoms with van der Waals surface area (Å²) < 4.78 is 11.1. The molecule has 0 bridgehead atoms. The zero-order chi connectivity index (χ0) is 16.6. The second kappa shape index (κ2) is 8.87. The van der Waals surface area contributed by atoms with Crippen LogP contribution < -0.4 is 0 Å². The van der Waals surface area contributed by atoms with E-state index in [1.807, 2.05) is 45.4 Å². The SMILES string of the molecule is CC(C)(C)OCc1ccnc(C2(O)CCOCC2)c1.CSC. The van der Waals surface area contributed by atoms with Crippen molar-refractivity contribution in [2.45, 2.75) is 51.4 Å². The average molecular weight is 327 g/mol. The van der Waals surface area contributed by atoms with Crippen LogP contribution in [0, 0.1) is 0 Å². The number of thioether (sulfide) groups is 1. The van der Waals surface area contributed by atoms with Gasteiger partial charge in [0.05, 0.1) is 17.9 Å². The molecule has 4 nitrogen and oxygen atoms in total. The Balaban J connectivity index is 0.000000745. The summed E-state index contributed by atoms with van der Waals surface area (Å²) >= 11 is 1.75. The zero-order valence-electron chi connectivity index (χ0n) is 14.4. The predicted octanol–water partition coefficient (Wildman–Crippen LogP) is 3.37. The van der Waals surface area contributed by atoms with Crippen LogP contribution in [0.5, 0.6) is 0 Å². The topological polar surface area (TPSA) is 51.6 Å². The number of rotatable bonds is 3. The summed E-state index contributed by atoms with van der Waals surface area (Å²) in [7, 11) is 0. The van der Waals surface area contributed by atoms with Gasteiger partial charge < -0.3 is 14.6 Å². The molecule has 0 unspecified atom stereocenters. The lowest BCUT2D eigenvalue weighted by Gasteiger charge is -2.31. The van der Waals surface area contributed by atoms with Crippen molar-refractivity contribution in [3.63, 3.8) is 0 Å². The number of ether oxygens (including phenoxy) is 2. The summed E-state index contributed by atoms with van der Waals surface area (Å²) in [6.07, 6.45) is 7.03. The summed E-state index contributed by atoms with van der Waals surface area (Å²) in [6.45, 7) is 7.79. The minimum absolute atomic E-state index is 0.168. The van der Waals surface area contributed by atoms with Crippen LogP contribution in [-0.4, -0.2) is 41.4 Å². The summed E-state index contributed by atoms with van der Waals surface area (Å²) in [4.78, 5) is 4.32. The van der Waals surface area contributed by atoms with Crippen LogP contribution in [0.4, 0.5) is 0 Å². The second-order valence-electron chi connectivity index (χ2n) is 6.50. The van der Waals surface area contributed by atoms with Gasteiger partial charge in [-0.3, -0.25) is 4.98 Å². The Kier molecular flexibility index (Phi) is 7.83. The molecule has 22 heavy (non-hydrogen) atoms. The number of nitrogens with zero attached hydrogens (tertiary/aromatic N) is 1. The molecule has 2 heterocycles. The summed E-state index contributed by atoms with van der Waals surface area (Å²) in [6, 6.07) is 3.87. The average Bonchev–Trinajstić information content (AvgIpc) is 2.46. The second-order valence-corrected chi connectivity index (χ2v) is 7.32. The molecule has 0 spiro atoms. The van der Waals surface area contributed by atoms with Crippen molar-refractivity contribution in [3.8, 4) is 0 Å². The lowest BCUT2D eigenvalue weighted by molar-refractivity contribution is -0.0707. The van der Waals surface area contributed by atoms with E-state index < -0.39 is 5.60 Å². The van der Waals surface area contributed by atoms with Gasteiger partial charge in [-0.1, -0.05) is 0 Å². The van der Waals surface area contributed by atoms with E-state index in [2.05, 4.69) is 4.98 Å². The molecule has 0 aromatic carbocycles. The fraction of sp³-hybridized carbons (Fsp3) is 0.706. The van der Waals surface area contributed by atoms with Crippen molar-refractivity contribution in [1.29, 1.82) is 0 Å². The van der Waals surface area contributed by atoms with Gasteiger partial charge in [0, 0.05) is 32.3 Å². The van der Waals surface area contributed by atoms with Gasteiger partial charge in [0.25, 0.3) is 0 Å². The van der Waals surface area contributed by atoms with Crippen molar-refractivity contribution >= 4 is 11.8 Å². The third-order valence-corrected chi connectivity index (χ3v) is 3.29. The molecular formula is C17H29NO3S. The van der Waals surface area contributed by atoms with Gasteiger partial charge in [-0.05, 0) is 51.0 Å². The Morgan fingerprint density at radius 3 is 2.45 bits per heavy atom. The molecule has 0 saturated carbocycles. The van der Waals surface area contributed by atoms with E-state index in [1.54, 1.807) is 18.0 Å². The highest BCUT2D eigenvalue weighted by Crippen LogP contribution is 2.31. The van der Waals surface area contributed by atoms with Crippen molar-refractivity contribution in [2.75, 3.05) is 25.7 Å². The van der Waals surface area contributed by atoms with Gasteiger partial charge in [-0.2, -0.15) is 11.8 Å². The predicted molar refractivity (Wildman–Crippen MR) is 92.2 cm³/mol. The molecule has 126 valence electrons. The highest BCUT2D eigenvalue weighted by atomic mass is 32.2. The molecule has 1 aliphatic rings. The molecular weight excluding hydrogens is 298 g/mol. The van der Waals surface area contributed by atoms with E-state index >= 15 is 0 Å². The highest BCUT2D eigenvalue weighted by molar-refractivity contribution is 7.97. The molecule has 1 aromatic heterocycles. The Morgan fingerprint density at radius 1 is 1.32 bits per heavy atom. The standard InChI is InChI=1S/C15H23NO3.C2H6S/c1-14(2,3)19-11-12-4-7-16-13(10-12)15(17)5-8-18-9-6-15;1-3-2/h4,7,10,17H,5-6,8-9,11H2,1-3H3;1-2H3. The van der Waals surface area contributed by atoms with Gasteiger partial charge >= 0.3 is 0 Å². The largest absolute Gasteiger partial charge is 0.383 e. The van der Waals surface area contributed by atoms with Gasteiger partial charge in [-0.25, -0.2) is 0 Å². The molecule has 0 atom stereocenters. The van der Waals surface area contributed by atoms with Crippen LogP contribution in [-0.2, 0) is 21.7 Å². The molecule has 1 N–H and O–H groups in total. The first-order valence-electron chi connectivity index (χ1n) is 7.60. The molecule has 1 aliphatic heterocycles. The van der Waals surface area contributed by atoms with Gasteiger partial charge in [-0.15, -0.1) is 0 Å². The van der Waals surface area contributed by atoms with Crippen molar-refractivity contribution in [2.24, 2.45) is 0 Å². The van der Waals surface area contributed by atoms with Crippen molar-refractivity contribution in [3.05, 3.63) is 29.6 Å². The van der Waals surface area contributed by atoms with Crippen LogP contribution >= 0.6 is 11.8 Å². The number of aliphatic hydroxyl groups is 1. The number of aromatic nitrogens is 1. The van der Waals surface area contributed by atoms with E-state index in [0.717, 1.165) is 11.3 Å². The van der Waals surface area contributed by atoms with Gasteiger partial charge in [0.2, 0.25) is 0 Å². The van der Waals surface area contributed by atoms with E-state index in [9.17, 15) is 5.11 Å². The monoisotopic (exact) mass is 327 g/mol. The van der Waals surface area contributed by atoms with Crippen LogP contribution in [0.1, 0.15) is 44.9 Å². The summed E-state index contributed by atoms with van der Waals surface area (Å²) in [5, 5.41) is 10.6. The van der Waals surface area contributed by atoms with Gasteiger partial charge in [0.1, 0.15) is 5.60 Å². The fourth-order valence-electron chi connectivity index (χ4n) is 2.08. The fourth-order valence-corrected chi connectivity index (χ4v) is 2.08. The first kappa shape index (κ1) is 19.4. The highest BCUT2D eigenvalue weighted by Gasteiger charge is 2.33. The zero-order valence-corrected chi connectivity index (χ0v) is 15.2. The third kappa shape index (κ3) is 6.65. The maximum atomic E-state index is 10.6. The summed E-state index contributed by atoms with van der Waals surface area (Å²) in [5.41, 5.74) is 0.750. The van der Waals surface area contributed by atoms with E-state index in [0.29, 0.717) is 32.7 Å². The molecule has 0 aliphatic carbocycles. The number of hydrogen-bond donors (Lipinski definition) is 1. The first-order chi connectivity index (χ1) is 10.3. The first-order valence-corrected chi connectivity index (χ1v) is 9.24. The smallest absolute Gasteiger partial charge is 0.111 e. The van der Waals surface area contributed by atoms with Crippen molar-refractivity contribution in [1.82, 2.24) is 4.98 Å². The molecule has 1 fully saturated rings. The van der Waals surface area contributed by atoms with Crippen LogP contribution in [0.15, 0.2) is 18.3 Å². The molecule has 2 rings (SSSR count). The Bertz CT molecular complexity index is 440. The lowest BCUT2D eigenvalue weighted by Crippen LogP contribution is -2.34. The van der Waals surface area contributed by atoms with Crippen LogP contribution in [0.2, 0.25) is 0 Å². The molecule has 5 heteroatoms. The minimum atomic E-state index is -0.851. The van der Waals surface area contributed by atoms with Gasteiger partial charge in [0.15, 0.2) is 0 Å². The minimum Gasteiger partial charge on any atom is -0.383 e. The van der Waals surface area contributed by atoms with Crippen LogP contribution in [0.25, 0.3) is 0 Å². The Hall–Kier alpha value is -0.620. The van der Waals surface area contributed by atoms with E-state index in [4.69, 9.17) is 9.47 Å². The van der Waals surface area contributed by atoms with Crippen LogP contribution in [0.3, 0.4) is 0 Å². The maximum Gasteiger partial charge on any atom is 0.111 e. The molecule has 1 saturated heterocycles. The molecule has 1 aromatic rings. The number of pyridine rings is 1. The van der Waals surface area contributed by atoms with Crippen molar-refractivity contribution < 1.29 is 14.6 Å². The molecule has 0 amide bonds.